The largest absolute Gasteiger partial charge is 0.456 e. The van der Waals surface area contributed by atoms with Gasteiger partial charge in [0, 0.05) is 16.7 Å². The lowest BCUT2D eigenvalue weighted by Gasteiger charge is -2.14. The van der Waals surface area contributed by atoms with Crippen LogP contribution in [-0.4, -0.2) is 0 Å². The monoisotopic (exact) mass is 558 g/mol. The number of benzene rings is 8. The molecular formula is C43H26O. The molecule has 0 saturated carbocycles. The molecule has 0 fully saturated rings. The highest BCUT2D eigenvalue weighted by Gasteiger charge is 2.29. The third-order valence-corrected chi connectivity index (χ3v) is 9.74. The van der Waals surface area contributed by atoms with E-state index in [0.29, 0.717) is 0 Å². The SMILES string of the molecule is c1ccc2c(c1)-c1ccccc1C2c1ccc2oc3ccc(-c4ccc5c6ccccc6c6ccccc6c5c4)cc3c2c1. The molecule has 1 aliphatic rings. The summed E-state index contributed by atoms with van der Waals surface area (Å²) in [6, 6.07) is 55.5. The summed E-state index contributed by atoms with van der Waals surface area (Å²) in [5.74, 6) is 0.212. The van der Waals surface area contributed by atoms with Crippen LogP contribution in [0.5, 0.6) is 0 Å². The summed E-state index contributed by atoms with van der Waals surface area (Å²) in [5.41, 5.74) is 11.0. The van der Waals surface area contributed by atoms with Gasteiger partial charge in [-0.05, 0) is 102 Å². The van der Waals surface area contributed by atoms with Crippen molar-refractivity contribution in [2.75, 3.05) is 0 Å². The normalized spacial score (nSPS) is 12.9. The Morgan fingerprint density at radius 3 is 1.43 bits per heavy atom. The van der Waals surface area contributed by atoms with Gasteiger partial charge in [0.25, 0.3) is 0 Å². The molecule has 0 saturated heterocycles. The van der Waals surface area contributed by atoms with Gasteiger partial charge in [-0.1, -0.05) is 121 Å². The first kappa shape index (κ1) is 23.9. The fourth-order valence-corrected chi connectivity index (χ4v) is 7.76. The van der Waals surface area contributed by atoms with E-state index in [9.17, 15) is 0 Å². The van der Waals surface area contributed by atoms with E-state index in [2.05, 4.69) is 152 Å². The highest BCUT2D eigenvalue weighted by molar-refractivity contribution is 6.25. The lowest BCUT2D eigenvalue weighted by atomic mass is 9.88. The smallest absolute Gasteiger partial charge is 0.135 e. The molecule has 0 bridgehead atoms. The summed E-state index contributed by atoms with van der Waals surface area (Å²) in [5, 5.41) is 10.1. The molecule has 0 spiro atoms. The van der Waals surface area contributed by atoms with Crippen molar-refractivity contribution in [3.8, 4) is 22.3 Å². The van der Waals surface area contributed by atoms with Gasteiger partial charge >= 0.3 is 0 Å². The van der Waals surface area contributed by atoms with E-state index in [1.165, 1.54) is 76.6 Å². The molecule has 10 rings (SSSR count). The van der Waals surface area contributed by atoms with Crippen molar-refractivity contribution < 1.29 is 4.42 Å². The second kappa shape index (κ2) is 8.92. The summed E-state index contributed by atoms with van der Waals surface area (Å²) in [7, 11) is 0. The molecular weight excluding hydrogens is 532 g/mol. The van der Waals surface area contributed by atoms with Crippen molar-refractivity contribution in [2.24, 2.45) is 0 Å². The van der Waals surface area contributed by atoms with Crippen molar-refractivity contribution in [3.63, 3.8) is 0 Å². The van der Waals surface area contributed by atoms with Gasteiger partial charge in [0.05, 0.1) is 0 Å². The Morgan fingerprint density at radius 1 is 0.341 bits per heavy atom. The third kappa shape index (κ3) is 3.30. The van der Waals surface area contributed by atoms with Crippen molar-refractivity contribution in [2.45, 2.75) is 5.92 Å². The zero-order chi connectivity index (χ0) is 28.8. The van der Waals surface area contributed by atoms with Gasteiger partial charge in [-0.2, -0.15) is 0 Å². The van der Waals surface area contributed by atoms with Crippen molar-refractivity contribution in [1.29, 1.82) is 0 Å². The molecule has 0 atom stereocenters. The second-order valence-electron chi connectivity index (χ2n) is 12.0. The quantitative estimate of drug-likeness (QED) is 0.192. The van der Waals surface area contributed by atoms with Crippen LogP contribution in [0.25, 0.3) is 76.5 Å². The van der Waals surface area contributed by atoms with E-state index < -0.39 is 0 Å². The number of furan rings is 1. The highest BCUT2D eigenvalue weighted by Crippen LogP contribution is 2.48. The molecule has 0 N–H and O–H groups in total. The maximum Gasteiger partial charge on any atom is 0.135 e. The van der Waals surface area contributed by atoms with E-state index in [1.807, 2.05) is 0 Å². The third-order valence-electron chi connectivity index (χ3n) is 9.74. The molecule has 0 unspecified atom stereocenters. The highest BCUT2D eigenvalue weighted by atomic mass is 16.3. The zero-order valence-corrected chi connectivity index (χ0v) is 23.9. The molecule has 0 radical (unpaired) electrons. The minimum atomic E-state index is 0.212. The topological polar surface area (TPSA) is 13.1 Å². The summed E-state index contributed by atoms with van der Waals surface area (Å²) < 4.78 is 6.38. The minimum Gasteiger partial charge on any atom is -0.456 e. The zero-order valence-electron chi connectivity index (χ0n) is 23.9. The average molecular weight is 559 g/mol. The van der Waals surface area contributed by atoms with Crippen LogP contribution in [-0.2, 0) is 0 Å². The summed E-state index contributed by atoms with van der Waals surface area (Å²) in [6.45, 7) is 0. The van der Waals surface area contributed by atoms with E-state index >= 15 is 0 Å². The van der Waals surface area contributed by atoms with Crippen molar-refractivity contribution >= 4 is 54.3 Å². The van der Waals surface area contributed by atoms with Crippen LogP contribution in [0.3, 0.4) is 0 Å². The van der Waals surface area contributed by atoms with Gasteiger partial charge in [-0.15, -0.1) is 0 Å². The molecule has 44 heavy (non-hydrogen) atoms. The first-order valence-corrected chi connectivity index (χ1v) is 15.3. The standard InChI is InChI=1S/C43H26O/c1-2-11-31-29(9-1)30-10-3-4-14-34(30)38-23-26(17-20-35(31)38)27-18-21-41-39(24-27)40-25-28(19-22-42(40)44-41)43-36-15-7-5-12-32(36)33-13-6-8-16-37(33)43/h1-25,43H. The van der Waals surface area contributed by atoms with Crippen LogP contribution in [0, 0.1) is 0 Å². The minimum absolute atomic E-state index is 0.212. The van der Waals surface area contributed by atoms with E-state index in [4.69, 9.17) is 4.42 Å². The molecule has 204 valence electrons. The molecule has 1 nitrogen and oxygen atoms in total. The molecule has 1 aromatic heterocycles. The summed E-state index contributed by atoms with van der Waals surface area (Å²) in [4.78, 5) is 0. The van der Waals surface area contributed by atoms with Gasteiger partial charge in [-0.3, -0.25) is 0 Å². The predicted molar refractivity (Wildman–Crippen MR) is 184 cm³/mol. The van der Waals surface area contributed by atoms with Crippen LogP contribution in [0.15, 0.2) is 156 Å². The fraction of sp³-hybridized carbons (Fsp3) is 0.0233. The fourth-order valence-electron chi connectivity index (χ4n) is 7.76. The summed E-state index contributed by atoms with van der Waals surface area (Å²) in [6.07, 6.45) is 0. The van der Waals surface area contributed by atoms with Crippen LogP contribution >= 0.6 is 0 Å². The van der Waals surface area contributed by atoms with Crippen LogP contribution < -0.4 is 0 Å². The Hall–Kier alpha value is -5.66. The van der Waals surface area contributed by atoms with Gasteiger partial charge in [0.15, 0.2) is 0 Å². The van der Waals surface area contributed by atoms with Gasteiger partial charge in [0.1, 0.15) is 11.2 Å². The molecule has 9 aromatic rings. The first-order valence-electron chi connectivity index (χ1n) is 15.3. The van der Waals surface area contributed by atoms with E-state index in [1.54, 1.807) is 0 Å². The Labute approximate surface area is 254 Å². The maximum absolute atomic E-state index is 6.38. The molecule has 8 aromatic carbocycles. The number of fused-ring (bicyclic) bond motifs is 12. The molecule has 0 amide bonds. The van der Waals surface area contributed by atoms with Gasteiger partial charge < -0.3 is 4.42 Å². The lowest BCUT2D eigenvalue weighted by molar-refractivity contribution is 0.669. The second-order valence-corrected chi connectivity index (χ2v) is 12.0. The predicted octanol–water partition coefficient (Wildman–Crippen LogP) is 11.9. The summed E-state index contributed by atoms with van der Waals surface area (Å²) >= 11 is 0. The van der Waals surface area contributed by atoms with Gasteiger partial charge in [-0.25, -0.2) is 0 Å². The number of hydrogen-bond acceptors (Lipinski definition) is 1. The first-order chi connectivity index (χ1) is 21.8. The van der Waals surface area contributed by atoms with Gasteiger partial charge in [0.2, 0.25) is 0 Å². The van der Waals surface area contributed by atoms with Crippen molar-refractivity contribution in [1.82, 2.24) is 0 Å². The van der Waals surface area contributed by atoms with Crippen LogP contribution in [0.2, 0.25) is 0 Å². The molecule has 1 heterocycles. The molecule has 1 heteroatoms. The number of hydrogen-bond donors (Lipinski definition) is 0. The van der Waals surface area contributed by atoms with Crippen LogP contribution in [0.1, 0.15) is 22.6 Å². The Kier molecular flexibility index (Phi) is 4.84. The van der Waals surface area contributed by atoms with E-state index in [-0.39, 0.29) is 5.92 Å². The average Bonchev–Trinajstić information content (AvgIpc) is 3.63. The van der Waals surface area contributed by atoms with Crippen LogP contribution in [0.4, 0.5) is 0 Å². The Balaban J connectivity index is 1.16. The Morgan fingerprint density at radius 2 is 0.795 bits per heavy atom. The lowest BCUT2D eigenvalue weighted by Crippen LogP contribution is -1.98. The molecule has 1 aliphatic carbocycles. The Bertz CT molecular complexity index is 2540. The number of rotatable bonds is 2. The maximum atomic E-state index is 6.38. The van der Waals surface area contributed by atoms with E-state index in [0.717, 1.165) is 16.6 Å². The van der Waals surface area contributed by atoms with Crippen molar-refractivity contribution in [3.05, 3.63) is 168 Å². The molecule has 0 aliphatic heterocycles.